The number of hydrogen-bond acceptors (Lipinski definition) is 3. The largest absolute Gasteiger partial charge is 0.493 e. The highest BCUT2D eigenvalue weighted by molar-refractivity contribution is 5.92. The average molecular weight is 341 g/mol. The number of methoxy groups -OCH3 is 1. The van der Waals surface area contributed by atoms with Gasteiger partial charge >= 0.3 is 0 Å². The maximum atomic E-state index is 12.7. The summed E-state index contributed by atoms with van der Waals surface area (Å²) in [5.41, 5.74) is 0.929. The van der Waals surface area contributed by atoms with Crippen LogP contribution in [0, 0.1) is 0 Å². The van der Waals surface area contributed by atoms with E-state index in [-0.39, 0.29) is 5.91 Å². The number of nitrogens with zero attached hydrogens (tertiary/aromatic N) is 1. The van der Waals surface area contributed by atoms with Crippen molar-refractivity contribution >= 4 is 12.0 Å². The van der Waals surface area contributed by atoms with Crippen molar-refractivity contribution in [1.82, 2.24) is 4.90 Å². The van der Waals surface area contributed by atoms with E-state index in [1.807, 2.05) is 24.3 Å². The van der Waals surface area contributed by atoms with E-state index in [1.54, 1.807) is 19.3 Å². The lowest BCUT2D eigenvalue weighted by atomic mass is 10.1. The molecule has 0 radical (unpaired) electrons. The summed E-state index contributed by atoms with van der Waals surface area (Å²) in [7, 11) is 1.61. The molecule has 0 aromatic heterocycles. The topological polar surface area (TPSA) is 38.8 Å². The van der Waals surface area contributed by atoms with Gasteiger partial charge in [0.25, 0.3) is 0 Å². The third-order valence-electron chi connectivity index (χ3n) is 4.88. The van der Waals surface area contributed by atoms with Crippen molar-refractivity contribution in [2.24, 2.45) is 0 Å². The van der Waals surface area contributed by atoms with Crippen LogP contribution in [0.1, 0.15) is 44.1 Å². The minimum absolute atomic E-state index is 0.139. The van der Waals surface area contributed by atoms with E-state index in [0.717, 1.165) is 31.2 Å². The molecule has 2 aliphatic carbocycles. The molecule has 1 amide bonds. The first kappa shape index (κ1) is 17.6. The zero-order valence-electron chi connectivity index (χ0n) is 14.9. The van der Waals surface area contributed by atoms with Crippen LogP contribution in [-0.4, -0.2) is 36.6 Å². The molecule has 0 heterocycles. The molecule has 3 rings (SSSR count). The second-order valence-electron chi connectivity index (χ2n) is 6.76. The Hall–Kier alpha value is -2.23. The lowest BCUT2D eigenvalue weighted by molar-refractivity contribution is -0.128. The smallest absolute Gasteiger partial charge is 0.247 e. The average Bonchev–Trinajstić information content (AvgIpc) is 3.32. The first-order chi connectivity index (χ1) is 12.2. The molecule has 1 aromatic carbocycles. The van der Waals surface area contributed by atoms with Gasteiger partial charge in [0.15, 0.2) is 11.5 Å². The summed E-state index contributed by atoms with van der Waals surface area (Å²) >= 11 is 0. The van der Waals surface area contributed by atoms with E-state index in [0.29, 0.717) is 30.2 Å². The van der Waals surface area contributed by atoms with Crippen molar-refractivity contribution in [3.05, 3.63) is 42.5 Å². The van der Waals surface area contributed by atoms with Crippen LogP contribution >= 0.6 is 0 Å². The zero-order chi connectivity index (χ0) is 17.6. The van der Waals surface area contributed by atoms with Crippen molar-refractivity contribution in [2.75, 3.05) is 13.7 Å². The Morgan fingerprint density at radius 2 is 1.92 bits per heavy atom. The van der Waals surface area contributed by atoms with Crippen LogP contribution in [-0.2, 0) is 4.79 Å². The molecule has 2 saturated carbocycles. The number of hydrogen-bond donors (Lipinski definition) is 0. The SMILES string of the molecule is C=CCOc1ccc(/C=C/C(=O)N(C2CCCC2)C2CC2)cc1OC. The van der Waals surface area contributed by atoms with Gasteiger partial charge in [-0.25, -0.2) is 0 Å². The summed E-state index contributed by atoms with van der Waals surface area (Å²) in [6.45, 7) is 4.08. The zero-order valence-corrected chi connectivity index (χ0v) is 14.9. The fourth-order valence-corrected chi connectivity index (χ4v) is 3.50. The number of benzene rings is 1. The van der Waals surface area contributed by atoms with Gasteiger partial charge < -0.3 is 14.4 Å². The van der Waals surface area contributed by atoms with Gasteiger partial charge in [-0.1, -0.05) is 31.6 Å². The normalized spacial score (nSPS) is 17.6. The Bertz CT molecular complexity index is 643. The highest BCUT2D eigenvalue weighted by Crippen LogP contribution is 2.35. The second kappa shape index (κ2) is 8.24. The fraction of sp³-hybridized carbons (Fsp3) is 0.476. The summed E-state index contributed by atoms with van der Waals surface area (Å²) in [6, 6.07) is 6.58. The Kier molecular flexibility index (Phi) is 5.79. The van der Waals surface area contributed by atoms with Crippen LogP contribution in [0.5, 0.6) is 11.5 Å². The number of carbonyl (C=O) groups excluding carboxylic acids is 1. The second-order valence-corrected chi connectivity index (χ2v) is 6.76. The van der Waals surface area contributed by atoms with Crippen molar-refractivity contribution in [3.8, 4) is 11.5 Å². The molecule has 0 saturated heterocycles. The van der Waals surface area contributed by atoms with Gasteiger partial charge in [-0.2, -0.15) is 0 Å². The molecule has 4 heteroatoms. The van der Waals surface area contributed by atoms with Crippen LogP contribution in [0.4, 0.5) is 0 Å². The highest BCUT2D eigenvalue weighted by Gasteiger charge is 2.37. The van der Waals surface area contributed by atoms with E-state index in [9.17, 15) is 4.79 Å². The Labute approximate surface area is 150 Å². The van der Waals surface area contributed by atoms with Crippen LogP contribution in [0.2, 0.25) is 0 Å². The predicted molar refractivity (Wildman–Crippen MR) is 99.8 cm³/mol. The highest BCUT2D eigenvalue weighted by atomic mass is 16.5. The molecule has 134 valence electrons. The Morgan fingerprint density at radius 3 is 2.56 bits per heavy atom. The summed E-state index contributed by atoms with van der Waals surface area (Å²) in [4.78, 5) is 14.8. The Morgan fingerprint density at radius 1 is 1.20 bits per heavy atom. The fourth-order valence-electron chi connectivity index (χ4n) is 3.50. The Balaban J connectivity index is 1.69. The molecular formula is C21H27NO3. The summed E-state index contributed by atoms with van der Waals surface area (Å²) < 4.78 is 10.9. The molecule has 0 atom stereocenters. The molecular weight excluding hydrogens is 314 g/mol. The van der Waals surface area contributed by atoms with Gasteiger partial charge in [-0.05, 0) is 49.5 Å². The van der Waals surface area contributed by atoms with Crippen LogP contribution in [0.25, 0.3) is 6.08 Å². The third-order valence-corrected chi connectivity index (χ3v) is 4.88. The van der Waals surface area contributed by atoms with E-state index >= 15 is 0 Å². The van der Waals surface area contributed by atoms with E-state index in [1.165, 1.54) is 12.8 Å². The number of amides is 1. The minimum atomic E-state index is 0.139. The number of rotatable bonds is 8. The molecule has 1 aromatic rings. The first-order valence-corrected chi connectivity index (χ1v) is 9.15. The van der Waals surface area contributed by atoms with Crippen molar-refractivity contribution in [2.45, 2.75) is 50.6 Å². The number of carbonyl (C=O) groups is 1. The molecule has 0 bridgehead atoms. The molecule has 0 spiro atoms. The molecule has 4 nitrogen and oxygen atoms in total. The van der Waals surface area contributed by atoms with Crippen LogP contribution in [0.3, 0.4) is 0 Å². The monoisotopic (exact) mass is 341 g/mol. The molecule has 2 aliphatic rings. The van der Waals surface area contributed by atoms with E-state index < -0.39 is 0 Å². The summed E-state index contributed by atoms with van der Waals surface area (Å²) in [5, 5.41) is 0. The maximum Gasteiger partial charge on any atom is 0.247 e. The first-order valence-electron chi connectivity index (χ1n) is 9.15. The quantitative estimate of drug-likeness (QED) is 0.525. The molecule has 2 fully saturated rings. The summed E-state index contributed by atoms with van der Waals surface area (Å²) in [5.74, 6) is 1.48. The lowest BCUT2D eigenvalue weighted by Crippen LogP contribution is -2.39. The van der Waals surface area contributed by atoms with Gasteiger partial charge in [-0.15, -0.1) is 0 Å². The number of ether oxygens (including phenoxy) is 2. The van der Waals surface area contributed by atoms with E-state index in [2.05, 4.69) is 11.5 Å². The lowest BCUT2D eigenvalue weighted by Gasteiger charge is -2.28. The molecule has 25 heavy (non-hydrogen) atoms. The van der Waals surface area contributed by atoms with Gasteiger partial charge in [-0.3, -0.25) is 4.79 Å². The van der Waals surface area contributed by atoms with Gasteiger partial charge in [0, 0.05) is 18.2 Å². The van der Waals surface area contributed by atoms with Crippen LogP contribution in [0.15, 0.2) is 36.9 Å². The summed E-state index contributed by atoms with van der Waals surface area (Å²) in [6.07, 6.45) is 12.4. The molecule has 0 N–H and O–H groups in total. The third kappa shape index (κ3) is 4.44. The molecule has 0 unspecified atom stereocenters. The van der Waals surface area contributed by atoms with Gasteiger partial charge in [0.1, 0.15) is 6.61 Å². The van der Waals surface area contributed by atoms with Crippen LogP contribution < -0.4 is 9.47 Å². The maximum absolute atomic E-state index is 12.7. The molecule has 0 aliphatic heterocycles. The van der Waals surface area contributed by atoms with Crippen molar-refractivity contribution in [3.63, 3.8) is 0 Å². The van der Waals surface area contributed by atoms with Crippen molar-refractivity contribution in [1.29, 1.82) is 0 Å². The minimum Gasteiger partial charge on any atom is -0.493 e. The standard InChI is InChI=1S/C21H27NO3/c1-3-14-25-19-12-8-16(15-20(19)24-2)9-13-21(23)22(18-10-11-18)17-6-4-5-7-17/h3,8-9,12-13,15,17-18H,1,4-7,10-11,14H2,2H3/b13-9+. The van der Waals surface area contributed by atoms with Gasteiger partial charge in [0.05, 0.1) is 7.11 Å². The van der Waals surface area contributed by atoms with Crippen molar-refractivity contribution < 1.29 is 14.3 Å². The van der Waals surface area contributed by atoms with Gasteiger partial charge in [0.2, 0.25) is 5.91 Å². The predicted octanol–water partition coefficient (Wildman–Crippen LogP) is 4.21. The van der Waals surface area contributed by atoms with E-state index in [4.69, 9.17) is 9.47 Å².